The second-order valence-electron chi connectivity index (χ2n) is 4.82. The van der Waals surface area contributed by atoms with Crippen LogP contribution < -0.4 is 0 Å². The van der Waals surface area contributed by atoms with Gasteiger partial charge in [0, 0.05) is 13.1 Å². The molecule has 1 saturated heterocycles. The van der Waals surface area contributed by atoms with Gasteiger partial charge in [-0.3, -0.25) is 4.90 Å². The van der Waals surface area contributed by atoms with Crippen molar-refractivity contribution in [3.63, 3.8) is 0 Å². The molecule has 0 bridgehead atoms. The Kier molecular flexibility index (Phi) is 5.58. The lowest BCUT2D eigenvalue weighted by Crippen LogP contribution is -2.37. The van der Waals surface area contributed by atoms with E-state index >= 15 is 0 Å². The first-order chi connectivity index (χ1) is 9.74. The predicted octanol–water partition coefficient (Wildman–Crippen LogP) is 1.04. The maximum absolute atomic E-state index is 11.6. The number of aliphatic hydroxyl groups is 1. The number of nitrogens with zero attached hydrogens (tertiary/aromatic N) is 1. The van der Waals surface area contributed by atoms with Crippen LogP contribution in [0.25, 0.3) is 0 Å². The SMILES string of the molecule is COC(=O)c1ccoc1CN1CCC(OCCO)CC1. The number of ether oxygens (including phenoxy) is 2. The van der Waals surface area contributed by atoms with Gasteiger partial charge < -0.3 is 19.0 Å². The first-order valence-corrected chi connectivity index (χ1v) is 6.84. The van der Waals surface area contributed by atoms with Crippen molar-refractivity contribution < 1.29 is 23.8 Å². The molecular formula is C14H21NO5. The normalized spacial score (nSPS) is 17.3. The summed E-state index contributed by atoms with van der Waals surface area (Å²) in [7, 11) is 1.36. The van der Waals surface area contributed by atoms with Crippen LogP contribution in [0.1, 0.15) is 29.0 Å². The fourth-order valence-electron chi connectivity index (χ4n) is 2.41. The Morgan fingerprint density at radius 2 is 2.25 bits per heavy atom. The summed E-state index contributed by atoms with van der Waals surface area (Å²) >= 11 is 0. The van der Waals surface area contributed by atoms with Gasteiger partial charge in [-0.25, -0.2) is 4.79 Å². The lowest BCUT2D eigenvalue weighted by molar-refractivity contribution is -0.01000. The average molecular weight is 283 g/mol. The highest BCUT2D eigenvalue weighted by Crippen LogP contribution is 2.19. The van der Waals surface area contributed by atoms with Crippen molar-refractivity contribution in [2.24, 2.45) is 0 Å². The molecule has 0 aromatic carbocycles. The summed E-state index contributed by atoms with van der Waals surface area (Å²) in [6.45, 7) is 2.84. The van der Waals surface area contributed by atoms with Gasteiger partial charge in [-0.2, -0.15) is 0 Å². The van der Waals surface area contributed by atoms with Gasteiger partial charge in [0.15, 0.2) is 0 Å². The van der Waals surface area contributed by atoms with Crippen molar-refractivity contribution >= 4 is 5.97 Å². The van der Waals surface area contributed by atoms with Crippen molar-refractivity contribution in [1.29, 1.82) is 0 Å². The van der Waals surface area contributed by atoms with E-state index in [1.165, 1.54) is 13.4 Å². The molecule has 6 nitrogen and oxygen atoms in total. The van der Waals surface area contributed by atoms with Crippen LogP contribution in [0.5, 0.6) is 0 Å². The van der Waals surface area contributed by atoms with Crippen LogP contribution in [0.4, 0.5) is 0 Å². The molecule has 0 radical (unpaired) electrons. The van der Waals surface area contributed by atoms with Gasteiger partial charge in [0.05, 0.1) is 39.2 Å². The van der Waals surface area contributed by atoms with E-state index in [0.29, 0.717) is 24.5 Å². The first-order valence-electron chi connectivity index (χ1n) is 6.84. The number of carbonyl (C=O) groups is 1. The van der Waals surface area contributed by atoms with Crippen LogP contribution in [-0.4, -0.2) is 55.5 Å². The lowest BCUT2D eigenvalue weighted by atomic mass is 10.1. The minimum Gasteiger partial charge on any atom is -0.467 e. The zero-order valence-electron chi connectivity index (χ0n) is 11.7. The van der Waals surface area contributed by atoms with Crippen molar-refractivity contribution in [2.75, 3.05) is 33.4 Å². The lowest BCUT2D eigenvalue weighted by Gasteiger charge is -2.31. The van der Waals surface area contributed by atoms with Crippen LogP contribution in [-0.2, 0) is 16.0 Å². The predicted molar refractivity (Wildman–Crippen MR) is 71.4 cm³/mol. The van der Waals surface area contributed by atoms with E-state index in [9.17, 15) is 4.79 Å². The van der Waals surface area contributed by atoms with E-state index in [0.717, 1.165) is 25.9 Å². The van der Waals surface area contributed by atoms with Crippen LogP contribution in [0.15, 0.2) is 16.7 Å². The molecule has 112 valence electrons. The number of piperidine rings is 1. The van der Waals surface area contributed by atoms with E-state index in [4.69, 9.17) is 19.0 Å². The fourth-order valence-corrected chi connectivity index (χ4v) is 2.41. The van der Waals surface area contributed by atoms with Crippen LogP contribution in [0.2, 0.25) is 0 Å². The quantitative estimate of drug-likeness (QED) is 0.786. The van der Waals surface area contributed by atoms with E-state index in [1.807, 2.05) is 0 Å². The minimum absolute atomic E-state index is 0.0646. The molecule has 0 unspecified atom stereocenters. The molecule has 0 atom stereocenters. The van der Waals surface area contributed by atoms with E-state index in [-0.39, 0.29) is 18.7 Å². The highest BCUT2D eigenvalue weighted by atomic mass is 16.5. The maximum atomic E-state index is 11.6. The number of carbonyl (C=O) groups excluding carboxylic acids is 1. The third kappa shape index (κ3) is 3.82. The third-order valence-electron chi connectivity index (χ3n) is 3.50. The summed E-state index contributed by atoms with van der Waals surface area (Å²) in [5, 5.41) is 8.73. The van der Waals surface area contributed by atoms with E-state index < -0.39 is 0 Å². The first kappa shape index (κ1) is 15.0. The molecule has 1 N–H and O–H groups in total. The smallest absolute Gasteiger partial charge is 0.341 e. The van der Waals surface area contributed by atoms with Gasteiger partial charge in [0.25, 0.3) is 0 Å². The van der Waals surface area contributed by atoms with E-state index in [2.05, 4.69) is 4.90 Å². The summed E-state index contributed by atoms with van der Waals surface area (Å²) in [6.07, 6.45) is 3.58. The molecule has 6 heteroatoms. The van der Waals surface area contributed by atoms with Gasteiger partial charge in [0.1, 0.15) is 11.3 Å². The molecule has 2 rings (SSSR count). The molecule has 2 heterocycles. The molecule has 1 aromatic heterocycles. The largest absolute Gasteiger partial charge is 0.467 e. The number of rotatable bonds is 6. The topological polar surface area (TPSA) is 72.1 Å². The molecule has 20 heavy (non-hydrogen) atoms. The van der Waals surface area contributed by atoms with Gasteiger partial charge in [-0.1, -0.05) is 0 Å². The number of methoxy groups -OCH3 is 1. The molecule has 0 amide bonds. The highest BCUT2D eigenvalue weighted by molar-refractivity contribution is 5.90. The average Bonchev–Trinajstić information content (AvgIpc) is 2.94. The monoisotopic (exact) mass is 283 g/mol. The van der Waals surface area contributed by atoms with Gasteiger partial charge in [-0.05, 0) is 18.9 Å². The number of esters is 1. The molecule has 0 spiro atoms. The van der Waals surface area contributed by atoms with Gasteiger partial charge in [-0.15, -0.1) is 0 Å². The summed E-state index contributed by atoms with van der Waals surface area (Å²) in [6, 6.07) is 1.64. The third-order valence-corrected chi connectivity index (χ3v) is 3.50. The standard InChI is InChI=1S/C14H21NO5/c1-18-14(17)12-4-8-20-13(12)10-15-5-2-11(3-6-15)19-9-7-16/h4,8,11,16H,2-3,5-7,9-10H2,1H3. The van der Waals surface area contributed by atoms with E-state index in [1.54, 1.807) is 6.07 Å². The minimum atomic E-state index is -0.366. The Labute approximate surface area is 118 Å². The number of hydrogen-bond donors (Lipinski definition) is 1. The Morgan fingerprint density at radius 1 is 1.50 bits per heavy atom. The second-order valence-corrected chi connectivity index (χ2v) is 4.82. The Bertz CT molecular complexity index is 423. The van der Waals surface area contributed by atoms with Crippen LogP contribution >= 0.6 is 0 Å². The van der Waals surface area contributed by atoms with Crippen molar-refractivity contribution in [1.82, 2.24) is 4.90 Å². The second kappa shape index (κ2) is 7.42. The van der Waals surface area contributed by atoms with Crippen molar-refractivity contribution in [3.05, 3.63) is 23.7 Å². The molecule has 1 aliphatic rings. The highest BCUT2D eigenvalue weighted by Gasteiger charge is 2.23. The van der Waals surface area contributed by atoms with Gasteiger partial charge in [0.2, 0.25) is 0 Å². The summed E-state index contributed by atoms with van der Waals surface area (Å²) in [5.74, 6) is 0.279. The molecule has 1 aromatic rings. The molecule has 1 aliphatic heterocycles. The zero-order chi connectivity index (χ0) is 14.4. The Balaban J connectivity index is 1.84. The number of hydrogen-bond acceptors (Lipinski definition) is 6. The zero-order valence-corrected chi connectivity index (χ0v) is 11.7. The van der Waals surface area contributed by atoms with Crippen LogP contribution in [0.3, 0.4) is 0 Å². The number of aliphatic hydroxyl groups excluding tert-OH is 1. The summed E-state index contributed by atoms with van der Waals surface area (Å²) in [4.78, 5) is 13.8. The Hall–Kier alpha value is -1.37. The molecule has 0 aliphatic carbocycles. The van der Waals surface area contributed by atoms with Crippen LogP contribution in [0, 0.1) is 0 Å². The molecule has 1 fully saturated rings. The number of furan rings is 1. The summed E-state index contributed by atoms with van der Waals surface area (Å²) in [5.41, 5.74) is 0.492. The maximum Gasteiger partial charge on any atom is 0.341 e. The fraction of sp³-hybridized carbons (Fsp3) is 0.643. The van der Waals surface area contributed by atoms with Crippen molar-refractivity contribution in [3.8, 4) is 0 Å². The Morgan fingerprint density at radius 3 is 2.90 bits per heavy atom. The number of likely N-dealkylation sites (tertiary alicyclic amines) is 1. The molecule has 0 saturated carbocycles. The molecular weight excluding hydrogens is 262 g/mol. The summed E-state index contributed by atoms with van der Waals surface area (Å²) < 4.78 is 15.6. The van der Waals surface area contributed by atoms with Gasteiger partial charge >= 0.3 is 5.97 Å². The van der Waals surface area contributed by atoms with Crippen molar-refractivity contribution in [2.45, 2.75) is 25.5 Å².